The van der Waals surface area contributed by atoms with E-state index in [2.05, 4.69) is 5.32 Å². The number of nitrogens with two attached hydrogens (primary N) is 1. The number of rotatable bonds is 5. The van der Waals surface area contributed by atoms with E-state index in [4.69, 9.17) is 17.3 Å². The van der Waals surface area contributed by atoms with E-state index < -0.39 is 10.8 Å². The van der Waals surface area contributed by atoms with Crippen LogP contribution in [0.25, 0.3) is 0 Å². The number of carbonyl (C=O) groups is 1. The van der Waals surface area contributed by atoms with Crippen LogP contribution >= 0.6 is 11.6 Å². The molecule has 0 radical (unpaired) electrons. The first-order chi connectivity index (χ1) is 10.0. The molecule has 0 aliphatic heterocycles. The van der Waals surface area contributed by atoms with Crippen LogP contribution in [0.3, 0.4) is 0 Å². The molecule has 21 heavy (non-hydrogen) atoms. The smallest absolute Gasteiger partial charge is 0.283 e. The van der Waals surface area contributed by atoms with E-state index in [1.165, 1.54) is 18.2 Å². The molecule has 1 aliphatic carbocycles. The summed E-state index contributed by atoms with van der Waals surface area (Å²) >= 11 is 5.96. The number of amides is 1. The van der Waals surface area contributed by atoms with Crippen LogP contribution in [-0.2, 0) is 0 Å². The van der Waals surface area contributed by atoms with Crippen molar-refractivity contribution in [3.8, 4) is 0 Å². The van der Waals surface area contributed by atoms with Crippen molar-refractivity contribution in [1.82, 2.24) is 5.32 Å². The molecular formula is C14H18ClN3O3. The Balaban J connectivity index is 2.21. The number of hydrogen-bond donors (Lipinski definition) is 2. The second-order valence-electron chi connectivity index (χ2n) is 5.25. The summed E-state index contributed by atoms with van der Waals surface area (Å²) in [7, 11) is 0. The molecule has 3 N–H and O–H groups in total. The maximum absolute atomic E-state index is 12.4. The minimum Gasteiger partial charge on any atom is -0.347 e. The average molecular weight is 312 g/mol. The fourth-order valence-corrected chi connectivity index (χ4v) is 3.11. The summed E-state index contributed by atoms with van der Waals surface area (Å²) in [5, 5.41) is 13.9. The molecule has 0 heterocycles. The third kappa shape index (κ3) is 3.51. The van der Waals surface area contributed by atoms with Crippen LogP contribution in [0, 0.1) is 16.0 Å². The topological polar surface area (TPSA) is 98.3 Å². The zero-order valence-corrected chi connectivity index (χ0v) is 12.3. The van der Waals surface area contributed by atoms with Gasteiger partial charge in [0.1, 0.15) is 5.56 Å². The molecule has 7 heteroatoms. The quantitative estimate of drug-likeness (QED) is 0.644. The lowest BCUT2D eigenvalue weighted by Crippen LogP contribution is -2.44. The van der Waals surface area contributed by atoms with Gasteiger partial charge in [0.25, 0.3) is 11.6 Å². The molecular weight excluding hydrogens is 294 g/mol. The second kappa shape index (κ2) is 6.87. The Bertz CT molecular complexity index is 544. The lowest BCUT2D eigenvalue weighted by Gasteiger charge is -2.23. The van der Waals surface area contributed by atoms with Crippen molar-refractivity contribution >= 4 is 23.2 Å². The zero-order chi connectivity index (χ0) is 15.4. The largest absolute Gasteiger partial charge is 0.347 e. The molecule has 1 amide bonds. The zero-order valence-electron chi connectivity index (χ0n) is 11.5. The first-order valence-corrected chi connectivity index (χ1v) is 7.36. The van der Waals surface area contributed by atoms with E-state index in [1.807, 2.05) is 0 Å². The Morgan fingerprint density at radius 1 is 1.48 bits per heavy atom. The predicted molar refractivity (Wildman–Crippen MR) is 80.4 cm³/mol. The van der Waals surface area contributed by atoms with Gasteiger partial charge in [0.15, 0.2) is 0 Å². The summed E-state index contributed by atoms with van der Waals surface area (Å²) in [6.07, 6.45) is 4.30. The van der Waals surface area contributed by atoms with E-state index >= 15 is 0 Å². The van der Waals surface area contributed by atoms with Gasteiger partial charge in [-0.15, -0.1) is 0 Å². The minimum absolute atomic E-state index is 0.0730. The average Bonchev–Trinajstić information content (AvgIpc) is 2.98. The first-order valence-electron chi connectivity index (χ1n) is 6.98. The molecule has 1 fully saturated rings. The van der Waals surface area contributed by atoms with Gasteiger partial charge in [-0.3, -0.25) is 14.9 Å². The number of nitrogens with one attached hydrogen (secondary N) is 1. The fourth-order valence-electron chi connectivity index (χ4n) is 2.86. The van der Waals surface area contributed by atoms with Gasteiger partial charge in [0, 0.05) is 18.7 Å². The molecule has 0 aromatic heterocycles. The minimum atomic E-state index is -0.603. The Labute approximate surface area is 127 Å². The summed E-state index contributed by atoms with van der Waals surface area (Å²) in [5.41, 5.74) is 5.35. The third-order valence-corrected chi connectivity index (χ3v) is 4.27. The number of benzene rings is 1. The van der Waals surface area contributed by atoms with Gasteiger partial charge in [-0.2, -0.15) is 0 Å². The monoisotopic (exact) mass is 311 g/mol. The maximum atomic E-state index is 12.4. The Hall–Kier alpha value is -1.66. The highest BCUT2D eigenvalue weighted by atomic mass is 35.5. The van der Waals surface area contributed by atoms with Crippen LogP contribution in [0.5, 0.6) is 0 Å². The van der Waals surface area contributed by atoms with Gasteiger partial charge in [-0.05, 0) is 24.8 Å². The van der Waals surface area contributed by atoms with Gasteiger partial charge in [0.05, 0.1) is 9.95 Å². The molecule has 0 saturated heterocycles. The molecule has 1 aromatic rings. The Kier molecular flexibility index (Phi) is 5.14. The Morgan fingerprint density at radius 2 is 2.14 bits per heavy atom. The van der Waals surface area contributed by atoms with Crippen molar-refractivity contribution in [1.29, 1.82) is 0 Å². The number of nitro groups is 1. The summed E-state index contributed by atoms with van der Waals surface area (Å²) in [6, 6.07) is 4.02. The fraction of sp³-hybridized carbons (Fsp3) is 0.500. The van der Waals surface area contributed by atoms with Crippen molar-refractivity contribution in [2.45, 2.75) is 31.7 Å². The standard InChI is InChI=1S/C14H18ClN3O3/c15-10-6-3-7-12(18(20)21)13(10)14(19)17-11(8-16)9-4-1-2-5-9/h3,6-7,9,11H,1-2,4-5,8,16H2,(H,17,19). The highest BCUT2D eigenvalue weighted by Gasteiger charge is 2.29. The molecule has 6 nitrogen and oxygen atoms in total. The second-order valence-corrected chi connectivity index (χ2v) is 5.66. The summed E-state index contributed by atoms with van der Waals surface area (Å²) in [4.78, 5) is 22.8. The van der Waals surface area contributed by atoms with Crippen LogP contribution in [0.2, 0.25) is 5.02 Å². The third-order valence-electron chi connectivity index (χ3n) is 3.95. The first kappa shape index (κ1) is 15.7. The summed E-state index contributed by atoms with van der Waals surface area (Å²) in [6.45, 7) is 0.314. The van der Waals surface area contributed by atoms with E-state index in [-0.39, 0.29) is 22.3 Å². The highest BCUT2D eigenvalue weighted by molar-refractivity contribution is 6.34. The SMILES string of the molecule is NCC(NC(=O)c1c(Cl)cccc1[N+](=O)[O-])C1CCCC1. The van der Waals surface area contributed by atoms with Gasteiger partial charge in [-0.25, -0.2) is 0 Å². The van der Waals surface area contributed by atoms with Crippen LogP contribution in [0.4, 0.5) is 5.69 Å². The molecule has 2 rings (SSSR count). The molecule has 1 unspecified atom stereocenters. The van der Waals surface area contributed by atoms with Gasteiger partial charge in [0.2, 0.25) is 0 Å². The predicted octanol–water partition coefficient (Wildman–Crippen LogP) is 2.50. The Morgan fingerprint density at radius 3 is 2.71 bits per heavy atom. The van der Waals surface area contributed by atoms with Crippen LogP contribution < -0.4 is 11.1 Å². The number of halogens is 1. The van der Waals surface area contributed by atoms with Crippen molar-refractivity contribution in [3.63, 3.8) is 0 Å². The number of nitrogens with zero attached hydrogens (tertiary/aromatic N) is 1. The van der Waals surface area contributed by atoms with E-state index in [0.29, 0.717) is 12.5 Å². The molecule has 1 saturated carbocycles. The van der Waals surface area contributed by atoms with Crippen LogP contribution in [0.15, 0.2) is 18.2 Å². The molecule has 1 atom stereocenters. The molecule has 1 aromatic carbocycles. The van der Waals surface area contributed by atoms with Gasteiger partial charge >= 0.3 is 0 Å². The van der Waals surface area contributed by atoms with Crippen LogP contribution in [0.1, 0.15) is 36.0 Å². The van der Waals surface area contributed by atoms with Crippen molar-refractivity contribution < 1.29 is 9.72 Å². The van der Waals surface area contributed by atoms with Crippen molar-refractivity contribution in [2.75, 3.05) is 6.54 Å². The number of hydrogen-bond acceptors (Lipinski definition) is 4. The number of carbonyl (C=O) groups excluding carboxylic acids is 1. The van der Waals surface area contributed by atoms with Crippen molar-refractivity contribution in [3.05, 3.63) is 38.9 Å². The van der Waals surface area contributed by atoms with E-state index in [1.54, 1.807) is 0 Å². The summed E-state index contributed by atoms with van der Waals surface area (Å²) < 4.78 is 0. The van der Waals surface area contributed by atoms with Crippen molar-refractivity contribution in [2.24, 2.45) is 11.7 Å². The molecule has 114 valence electrons. The molecule has 1 aliphatic rings. The highest BCUT2D eigenvalue weighted by Crippen LogP contribution is 2.29. The van der Waals surface area contributed by atoms with E-state index in [9.17, 15) is 14.9 Å². The summed E-state index contributed by atoms with van der Waals surface area (Å²) in [5.74, 6) is -0.199. The van der Waals surface area contributed by atoms with Gasteiger partial charge < -0.3 is 11.1 Å². The molecule has 0 bridgehead atoms. The van der Waals surface area contributed by atoms with E-state index in [0.717, 1.165) is 25.7 Å². The lowest BCUT2D eigenvalue weighted by atomic mass is 9.97. The van der Waals surface area contributed by atoms with Gasteiger partial charge in [-0.1, -0.05) is 30.5 Å². The number of nitro benzene ring substituents is 1. The lowest BCUT2D eigenvalue weighted by molar-refractivity contribution is -0.385. The maximum Gasteiger partial charge on any atom is 0.283 e. The molecule has 0 spiro atoms. The van der Waals surface area contributed by atoms with Crippen LogP contribution in [-0.4, -0.2) is 23.4 Å². The normalized spacial score (nSPS) is 16.7.